The van der Waals surface area contributed by atoms with E-state index in [9.17, 15) is 9.90 Å². The first-order valence-corrected chi connectivity index (χ1v) is 10.2. The van der Waals surface area contributed by atoms with E-state index >= 15 is 0 Å². The van der Waals surface area contributed by atoms with Gasteiger partial charge in [0.05, 0.1) is 0 Å². The Labute approximate surface area is 161 Å². The van der Waals surface area contributed by atoms with Crippen LogP contribution in [0.25, 0.3) is 10.9 Å². The van der Waals surface area contributed by atoms with E-state index in [0.29, 0.717) is 6.54 Å². The zero-order valence-electron chi connectivity index (χ0n) is 16.7. The molecule has 2 N–H and O–H groups in total. The van der Waals surface area contributed by atoms with E-state index in [0.717, 1.165) is 48.7 Å². The number of rotatable bonds is 5. The summed E-state index contributed by atoms with van der Waals surface area (Å²) in [5.41, 5.74) is 5.23. The van der Waals surface area contributed by atoms with Gasteiger partial charge >= 0.3 is 0 Å². The standard InChI is InChI=1S/C22H31N3O2/c1-14-4-5-15(2)20-19(14)16(3)21(23-20)22(27)25-10-9-24(12-17-6-7-17)18(13-25)8-11-26/h4-5,17-18,23,26H,6-13H2,1-3H3. The largest absolute Gasteiger partial charge is 0.396 e. The number of carbonyl (C=O) groups excluding carboxylic acids is 1. The fourth-order valence-corrected chi connectivity index (χ4v) is 4.54. The van der Waals surface area contributed by atoms with Crippen molar-refractivity contribution < 1.29 is 9.90 Å². The summed E-state index contributed by atoms with van der Waals surface area (Å²) in [5.74, 6) is 0.923. The summed E-state index contributed by atoms with van der Waals surface area (Å²) in [6.07, 6.45) is 3.40. The molecule has 27 heavy (non-hydrogen) atoms. The Kier molecular flexibility index (Phi) is 4.99. The predicted molar refractivity (Wildman–Crippen MR) is 108 cm³/mol. The number of hydrogen-bond acceptors (Lipinski definition) is 3. The molecule has 4 rings (SSSR count). The minimum Gasteiger partial charge on any atom is -0.396 e. The first kappa shape index (κ1) is 18.5. The van der Waals surface area contributed by atoms with Crippen molar-refractivity contribution in [3.05, 3.63) is 34.5 Å². The molecule has 0 bridgehead atoms. The molecule has 2 aliphatic rings. The summed E-state index contributed by atoms with van der Waals surface area (Å²) in [5, 5.41) is 10.7. The molecule has 0 spiro atoms. The van der Waals surface area contributed by atoms with Gasteiger partial charge in [0.1, 0.15) is 5.69 Å². The molecule has 1 aliphatic carbocycles. The Balaban J connectivity index is 1.57. The molecule has 1 unspecified atom stereocenters. The molecule has 0 radical (unpaired) electrons. The Hall–Kier alpha value is -1.85. The van der Waals surface area contributed by atoms with Crippen molar-refractivity contribution >= 4 is 16.8 Å². The predicted octanol–water partition coefficient (Wildman–Crippen LogP) is 3.01. The van der Waals surface area contributed by atoms with Crippen LogP contribution in [0.1, 0.15) is 46.4 Å². The number of H-pyrrole nitrogens is 1. The fourth-order valence-electron chi connectivity index (χ4n) is 4.54. The average Bonchev–Trinajstić information content (AvgIpc) is 3.40. The van der Waals surface area contributed by atoms with Crippen LogP contribution < -0.4 is 0 Å². The second-order valence-electron chi connectivity index (χ2n) is 8.43. The third-order valence-electron chi connectivity index (χ3n) is 6.38. The number of carbonyl (C=O) groups is 1. The number of aryl methyl sites for hydroxylation is 3. The summed E-state index contributed by atoms with van der Waals surface area (Å²) in [6, 6.07) is 4.50. The van der Waals surface area contributed by atoms with Gasteiger partial charge in [-0.25, -0.2) is 0 Å². The highest BCUT2D eigenvalue weighted by atomic mass is 16.3. The van der Waals surface area contributed by atoms with Gasteiger partial charge in [0.2, 0.25) is 0 Å². The van der Waals surface area contributed by atoms with E-state index in [-0.39, 0.29) is 18.6 Å². The number of aliphatic hydroxyl groups is 1. The van der Waals surface area contributed by atoms with Gasteiger partial charge in [-0.15, -0.1) is 0 Å². The molecule has 1 saturated heterocycles. The first-order valence-electron chi connectivity index (χ1n) is 10.2. The number of piperazine rings is 1. The number of nitrogens with one attached hydrogen (secondary N) is 1. The lowest BCUT2D eigenvalue weighted by Gasteiger charge is -2.41. The van der Waals surface area contributed by atoms with Gasteiger partial charge in [-0.1, -0.05) is 12.1 Å². The normalized spacial score (nSPS) is 21.2. The average molecular weight is 370 g/mol. The molecule has 1 aromatic carbocycles. The maximum absolute atomic E-state index is 13.3. The number of aromatic amines is 1. The Morgan fingerprint density at radius 3 is 2.59 bits per heavy atom. The SMILES string of the molecule is Cc1ccc(C)c2c(C)c(C(=O)N3CCN(CC4CC4)C(CCO)C3)[nH]c12. The number of fused-ring (bicyclic) bond motifs is 1. The molecule has 5 nitrogen and oxygen atoms in total. The topological polar surface area (TPSA) is 59.6 Å². The van der Waals surface area contributed by atoms with E-state index in [4.69, 9.17) is 0 Å². The first-order chi connectivity index (χ1) is 13.0. The minimum atomic E-state index is 0.0940. The lowest BCUT2D eigenvalue weighted by molar-refractivity contribution is 0.0403. The highest BCUT2D eigenvalue weighted by molar-refractivity contribution is 6.02. The maximum atomic E-state index is 13.3. The van der Waals surface area contributed by atoms with Crippen molar-refractivity contribution in [3.8, 4) is 0 Å². The highest BCUT2D eigenvalue weighted by Gasteiger charge is 2.34. The molecule has 1 aromatic heterocycles. The second kappa shape index (κ2) is 7.28. The van der Waals surface area contributed by atoms with E-state index in [1.807, 2.05) is 11.8 Å². The van der Waals surface area contributed by atoms with E-state index in [1.165, 1.54) is 29.4 Å². The molecular weight excluding hydrogens is 338 g/mol. The van der Waals surface area contributed by atoms with Crippen molar-refractivity contribution in [3.63, 3.8) is 0 Å². The zero-order chi connectivity index (χ0) is 19.1. The van der Waals surface area contributed by atoms with Crippen molar-refractivity contribution in [1.29, 1.82) is 0 Å². The van der Waals surface area contributed by atoms with Gasteiger partial charge in [-0.2, -0.15) is 0 Å². The second-order valence-corrected chi connectivity index (χ2v) is 8.43. The third kappa shape index (κ3) is 3.50. The summed E-state index contributed by atoms with van der Waals surface area (Å²) in [4.78, 5) is 21.2. The molecule has 5 heteroatoms. The van der Waals surface area contributed by atoms with E-state index in [1.54, 1.807) is 0 Å². The molecule has 1 atom stereocenters. The van der Waals surface area contributed by atoms with Crippen LogP contribution in [0.15, 0.2) is 12.1 Å². The number of amides is 1. The molecule has 146 valence electrons. The monoisotopic (exact) mass is 369 g/mol. The van der Waals surface area contributed by atoms with Gasteiger partial charge in [0, 0.05) is 49.7 Å². The van der Waals surface area contributed by atoms with Gasteiger partial charge in [-0.05, 0) is 62.6 Å². The molecule has 1 amide bonds. The fraction of sp³-hybridized carbons (Fsp3) is 0.591. The van der Waals surface area contributed by atoms with Crippen LogP contribution in [-0.4, -0.2) is 64.6 Å². The van der Waals surface area contributed by atoms with Crippen molar-refractivity contribution in [2.45, 2.75) is 46.1 Å². The molecule has 1 saturated carbocycles. The number of aliphatic hydroxyl groups excluding tert-OH is 1. The summed E-state index contributed by atoms with van der Waals surface area (Å²) >= 11 is 0. The van der Waals surface area contributed by atoms with Gasteiger partial charge in [0.25, 0.3) is 5.91 Å². The maximum Gasteiger partial charge on any atom is 0.270 e. The third-order valence-corrected chi connectivity index (χ3v) is 6.38. The Morgan fingerprint density at radius 2 is 1.93 bits per heavy atom. The van der Waals surface area contributed by atoms with Crippen LogP contribution >= 0.6 is 0 Å². The van der Waals surface area contributed by atoms with Crippen LogP contribution in [0.4, 0.5) is 0 Å². The quantitative estimate of drug-likeness (QED) is 0.852. The molecular formula is C22H31N3O2. The Morgan fingerprint density at radius 1 is 1.19 bits per heavy atom. The van der Waals surface area contributed by atoms with Crippen LogP contribution in [0.3, 0.4) is 0 Å². The molecule has 2 fully saturated rings. The summed E-state index contributed by atoms with van der Waals surface area (Å²) in [6.45, 7) is 9.91. The summed E-state index contributed by atoms with van der Waals surface area (Å²) < 4.78 is 0. The zero-order valence-corrected chi connectivity index (χ0v) is 16.7. The van der Waals surface area contributed by atoms with Crippen LogP contribution in [0.5, 0.6) is 0 Å². The van der Waals surface area contributed by atoms with Gasteiger partial charge < -0.3 is 15.0 Å². The van der Waals surface area contributed by atoms with Crippen molar-refractivity contribution in [2.24, 2.45) is 5.92 Å². The number of nitrogens with zero attached hydrogens (tertiary/aromatic N) is 2. The molecule has 2 aromatic rings. The number of benzene rings is 1. The summed E-state index contributed by atoms with van der Waals surface area (Å²) in [7, 11) is 0. The highest BCUT2D eigenvalue weighted by Crippen LogP contribution is 2.32. The van der Waals surface area contributed by atoms with E-state index in [2.05, 4.69) is 35.9 Å². The number of hydrogen-bond donors (Lipinski definition) is 2. The molecule has 1 aliphatic heterocycles. The number of aromatic nitrogens is 1. The molecule has 2 heterocycles. The minimum absolute atomic E-state index is 0.0940. The van der Waals surface area contributed by atoms with E-state index < -0.39 is 0 Å². The van der Waals surface area contributed by atoms with Crippen molar-refractivity contribution in [1.82, 2.24) is 14.8 Å². The lowest BCUT2D eigenvalue weighted by Crippen LogP contribution is -2.55. The van der Waals surface area contributed by atoms with Gasteiger partial charge in [-0.3, -0.25) is 9.69 Å². The van der Waals surface area contributed by atoms with Gasteiger partial charge in [0.15, 0.2) is 0 Å². The Bertz CT molecular complexity index is 853. The van der Waals surface area contributed by atoms with Crippen LogP contribution in [0.2, 0.25) is 0 Å². The van der Waals surface area contributed by atoms with Crippen molar-refractivity contribution in [2.75, 3.05) is 32.8 Å². The van der Waals surface area contributed by atoms with Crippen LogP contribution in [0, 0.1) is 26.7 Å². The van der Waals surface area contributed by atoms with Crippen LogP contribution in [-0.2, 0) is 0 Å². The lowest BCUT2D eigenvalue weighted by atomic mass is 10.0. The smallest absolute Gasteiger partial charge is 0.270 e.